The number of para-hydroxylation sites is 1. The van der Waals surface area contributed by atoms with E-state index < -0.39 is 5.97 Å². The molecule has 0 aliphatic carbocycles. The number of aryl methyl sites for hydroxylation is 1. The molecule has 0 bridgehead atoms. The molecule has 1 N–H and O–H groups in total. The van der Waals surface area contributed by atoms with Gasteiger partial charge in [0.05, 0.1) is 11.7 Å². The number of nitrogens with zero attached hydrogens (tertiary/aromatic N) is 2. The molecule has 0 radical (unpaired) electrons. The highest BCUT2D eigenvalue weighted by Gasteiger charge is 2.21. The van der Waals surface area contributed by atoms with Crippen LogP contribution in [0.2, 0.25) is 0 Å². The summed E-state index contributed by atoms with van der Waals surface area (Å²) >= 11 is 1.10. The Morgan fingerprint density at radius 2 is 1.97 bits per heavy atom. The molecule has 0 saturated heterocycles. The van der Waals surface area contributed by atoms with E-state index in [-0.39, 0.29) is 31.2 Å². The number of benzene rings is 1. The maximum atomic E-state index is 12.8. The van der Waals surface area contributed by atoms with Gasteiger partial charge in [-0.25, -0.2) is 9.78 Å². The summed E-state index contributed by atoms with van der Waals surface area (Å²) in [5.41, 5.74) is 0.156. The number of fused-ring (bicyclic) bond motifs is 1. The van der Waals surface area contributed by atoms with Crippen LogP contribution in [-0.4, -0.2) is 41.2 Å². The highest BCUT2D eigenvalue weighted by Crippen LogP contribution is 2.27. The summed E-state index contributed by atoms with van der Waals surface area (Å²) in [4.78, 5) is 42.4. The zero-order chi connectivity index (χ0) is 22.2. The molecule has 2 aromatic heterocycles. The van der Waals surface area contributed by atoms with Crippen LogP contribution in [-0.2, 0) is 16.1 Å². The molecule has 0 aliphatic heterocycles. The van der Waals surface area contributed by atoms with Crippen molar-refractivity contribution >= 4 is 33.4 Å². The quantitative estimate of drug-likeness (QED) is 0.382. The Morgan fingerprint density at radius 3 is 2.71 bits per heavy atom. The highest BCUT2D eigenvalue weighted by molar-refractivity contribution is 7.20. The standard InChI is InChI=1S/C22H25N3O5S/c1-3-4-10-23-17(26)13-25-14-24-20-18(21(25)27)15(2)19(31-20)22(28)30-12-11-29-16-8-6-5-7-9-16/h5-9,14H,3-4,10-13H2,1-2H3,(H,23,26). The van der Waals surface area contributed by atoms with E-state index in [1.54, 1.807) is 6.92 Å². The van der Waals surface area contributed by atoms with E-state index >= 15 is 0 Å². The minimum absolute atomic E-state index is 0.0804. The first-order chi connectivity index (χ1) is 15.0. The van der Waals surface area contributed by atoms with Gasteiger partial charge in [0.1, 0.15) is 35.2 Å². The van der Waals surface area contributed by atoms with Crippen LogP contribution in [0.1, 0.15) is 35.0 Å². The zero-order valence-electron chi connectivity index (χ0n) is 17.6. The van der Waals surface area contributed by atoms with Crippen LogP contribution in [0.15, 0.2) is 41.5 Å². The average Bonchev–Trinajstić information content (AvgIpc) is 3.11. The lowest BCUT2D eigenvalue weighted by atomic mass is 10.2. The van der Waals surface area contributed by atoms with E-state index in [2.05, 4.69) is 10.3 Å². The van der Waals surface area contributed by atoms with Gasteiger partial charge in [0.2, 0.25) is 5.91 Å². The Morgan fingerprint density at radius 1 is 1.19 bits per heavy atom. The maximum absolute atomic E-state index is 12.8. The lowest BCUT2D eigenvalue weighted by molar-refractivity contribution is -0.121. The van der Waals surface area contributed by atoms with Crippen molar-refractivity contribution in [1.29, 1.82) is 0 Å². The van der Waals surface area contributed by atoms with E-state index in [9.17, 15) is 14.4 Å². The Balaban J connectivity index is 1.65. The fraction of sp³-hybridized carbons (Fsp3) is 0.364. The first kappa shape index (κ1) is 22.5. The van der Waals surface area contributed by atoms with Gasteiger partial charge >= 0.3 is 5.97 Å². The van der Waals surface area contributed by atoms with Crippen molar-refractivity contribution in [1.82, 2.24) is 14.9 Å². The Bertz CT molecular complexity index is 1110. The molecule has 3 aromatic rings. The van der Waals surface area contributed by atoms with Crippen molar-refractivity contribution in [2.45, 2.75) is 33.2 Å². The Hall–Kier alpha value is -3.20. The van der Waals surface area contributed by atoms with Crippen LogP contribution >= 0.6 is 11.3 Å². The minimum atomic E-state index is -0.527. The molecular formula is C22H25N3O5S. The normalized spacial score (nSPS) is 10.8. The lowest BCUT2D eigenvalue weighted by Gasteiger charge is -2.07. The SMILES string of the molecule is CCCCNC(=O)Cn1cnc2sc(C(=O)OCCOc3ccccc3)c(C)c2c1=O. The van der Waals surface area contributed by atoms with Crippen LogP contribution < -0.4 is 15.6 Å². The highest BCUT2D eigenvalue weighted by atomic mass is 32.1. The van der Waals surface area contributed by atoms with Crippen LogP contribution in [0.3, 0.4) is 0 Å². The molecule has 2 heterocycles. The smallest absolute Gasteiger partial charge is 0.348 e. The van der Waals surface area contributed by atoms with Gasteiger partial charge in [0.25, 0.3) is 5.56 Å². The third-order valence-corrected chi connectivity index (χ3v) is 5.78. The summed E-state index contributed by atoms with van der Waals surface area (Å²) in [7, 11) is 0. The predicted molar refractivity (Wildman–Crippen MR) is 119 cm³/mol. The minimum Gasteiger partial charge on any atom is -0.490 e. The van der Waals surface area contributed by atoms with Gasteiger partial charge in [0, 0.05) is 6.54 Å². The van der Waals surface area contributed by atoms with Gasteiger partial charge in [-0.1, -0.05) is 31.5 Å². The molecule has 0 unspecified atom stereocenters. The predicted octanol–water partition coefficient (Wildman–Crippen LogP) is 2.92. The molecule has 0 aliphatic rings. The molecule has 0 atom stereocenters. The number of hydrogen-bond acceptors (Lipinski definition) is 7. The van der Waals surface area contributed by atoms with Gasteiger partial charge in [-0.05, 0) is 31.0 Å². The van der Waals surface area contributed by atoms with Gasteiger partial charge < -0.3 is 14.8 Å². The lowest BCUT2D eigenvalue weighted by Crippen LogP contribution is -2.32. The monoisotopic (exact) mass is 443 g/mol. The second-order valence-corrected chi connectivity index (χ2v) is 7.91. The van der Waals surface area contributed by atoms with E-state index in [0.29, 0.717) is 33.0 Å². The number of amides is 1. The summed E-state index contributed by atoms with van der Waals surface area (Å²) in [5, 5.41) is 3.11. The van der Waals surface area contributed by atoms with Crippen molar-refractivity contribution in [3.63, 3.8) is 0 Å². The Kier molecular flexibility index (Phi) is 7.77. The van der Waals surface area contributed by atoms with Gasteiger partial charge in [-0.2, -0.15) is 0 Å². The van der Waals surface area contributed by atoms with Crippen LogP contribution in [0.5, 0.6) is 5.75 Å². The summed E-state index contributed by atoms with van der Waals surface area (Å²) in [5.74, 6) is -0.0804. The van der Waals surface area contributed by atoms with Crippen molar-refractivity contribution in [2.75, 3.05) is 19.8 Å². The van der Waals surface area contributed by atoms with Crippen molar-refractivity contribution in [2.24, 2.45) is 0 Å². The number of ether oxygens (including phenoxy) is 2. The number of thiophene rings is 1. The number of carbonyl (C=O) groups excluding carboxylic acids is 2. The molecule has 9 heteroatoms. The van der Waals surface area contributed by atoms with Crippen LogP contribution in [0.25, 0.3) is 10.2 Å². The second-order valence-electron chi connectivity index (χ2n) is 6.91. The van der Waals surface area contributed by atoms with Crippen molar-refractivity contribution in [3.8, 4) is 5.75 Å². The summed E-state index contributed by atoms with van der Waals surface area (Å²) in [6.45, 7) is 4.48. The third-order valence-electron chi connectivity index (χ3n) is 4.60. The summed E-state index contributed by atoms with van der Waals surface area (Å²) in [6.07, 6.45) is 3.19. The van der Waals surface area contributed by atoms with E-state index in [1.807, 2.05) is 37.3 Å². The molecule has 1 amide bonds. The maximum Gasteiger partial charge on any atom is 0.348 e. The molecule has 3 rings (SSSR count). The van der Waals surface area contributed by atoms with Crippen molar-refractivity contribution < 1.29 is 19.1 Å². The number of nitrogens with one attached hydrogen (secondary N) is 1. The number of unbranched alkanes of at least 4 members (excludes halogenated alkanes) is 1. The Labute approximate surface area is 183 Å². The largest absolute Gasteiger partial charge is 0.490 e. The van der Waals surface area contributed by atoms with E-state index in [4.69, 9.17) is 9.47 Å². The number of aromatic nitrogens is 2. The van der Waals surface area contributed by atoms with Crippen LogP contribution in [0, 0.1) is 6.92 Å². The molecule has 164 valence electrons. The molecular weight excluding hydrogens is 418 g/mol. The first-order valence-electron chi connectivity index (χ1n) is 10.1. The van der Waals surface area contributed by atoms with Gasteiger partial charge in [-0.3, -0.25) is 14.2 Å². The van der Waals surface area contributed by atoms with E-state index in [1.165, 1.54) is 10.9 Å². The molecule has 31 heavy (non-hydrogen) atoms. The fourth-order valence-corrected chi connectivity index (χ4v) is 3.99. The molecule has 1 aromatic carbocycles. The number of hydrogen-bond donors (Lipinski definition) is 1. The van der Waals surface area contributed by atoms with Crippen molar-refractivity contribution in [3.05, 3.63) is 57.5 Å². The van der Waals surface area contributed by atoms with Gasteiger partial charge in [0.15, 0.2) is 0 Å². The third kappa shape index (κ3) is 5.69. The molecule has 8 nitrogen and oxygen atoms in total. The average molecular weight is 444 g/mol. The molecule has 0 spiro atoms. The topological polar surface area (TPSA) is 99.5 Å². The summed E-state index contributed by atoms with van der Waals surface area (Å²) in [6, 6.07) is 9.24. The summed E-state index contributed by atoms with van der Waals surface area (Å²) < 4.78 is 12.1. The number of esters is 1. The molecule has 0 saturated carbocycles. The van der Waals surface area contributed by atoms with E-state index in [0.717, 1.165) is 24.2 Å². The van der Waals surface area contributed by atoms with Crippen LogP contribution in [0.4, 0.5) is 0 Å². The number of rotatable bonds is 10. The molecule has 0 fully saturated rings. The fourth-order valence-electron chi connectivity index (χ4n) is 2.96. The number of carbonyl (C=O) groups is 2. The van der Waals surface area contributed by atoms with Gasteiger partial charge in [-0.15, -0.1) is 11.3 Å². The zero-order valence-corrected chi connectivity index (χ0v) is 18.4. The first-order valence-corrected chi connectivity index (χ1v) is 10.9. The second kappa shape index (κ2) is 10.7.